The Bertz CT molecular complexity index is 229. The van der Waals surface area contributed by atoms with Gasteiger partial charge in [-0.25, -0.2) is 4.79 Å². The van der Waals surface area contributed by atoms with Gasteiger partial charge in [-0.05, 0) is 19.9 Å². The molecule has 0 saturated heterocycles. The zero-order valence-corrected chi connectivity index (χ0v) is 10.1. The van der Waals surface area contributed by atoms with Crippen LogP contribution in [-0.2, 0) is 4.79 Å². The van der Waals surface area contributed by atoms with Crippen LogP contribution in [0.1, 0.15) is 20.8 Å². The van der Waals surface area contributed by atoms with Crippen LogP contribution in [0.25, 0.3) is 0 Å². The molecule has 1 unspecified atom stereocenters. The first-order chi connectivity index (χ1) is 6.88. The Morgan fingerprint density at radius 2 is 1.80 bits per heavy atom. The maximum Gasteiger partial charge on any atom is 0.321 e. The molecule has 0 aromatic carbocycles. The van der Waals surface area contributed by atoms with E-state index in [-0.39, 0.29) is 11.9 Å². The van der Waals surface area contributed by atoms with E-state index in [0.29, 0.717) is 5.92 Å². The van der Waals surface area contributed by atoms with Gasteiger partial charge in [0, 0.05) is 13.6 Å². The van der Waals surface area contributed by atoms with Crippen molar-refractivity contribution in [3.8, 4) is 0 Å². The summed E-state index contributed by atoms with van der Waals surface area (Å²) in [7, 11) is 3.35. The largest absolute Gasteiger partial charge is 0.341 e. The van der Waals surface area contributed by atoms with E-state index < -0.39 is 6.03 Å². The Labute approximate surface area is 91.2 Å². The Balaban J connectivity index is 4.13. The van der Waals surface area contributed by atoms with Gasteiger partial charge < -0.3 is 5.32 Å². The summed E-state index contributed by atoms with van der Waals surface area (Å²) in [6.07, 6.45) is 0. The summed E-state index contributed by atoms with van der Waals surface area (Å²) in [6, 6.07) is -0.769. The van der Waals surface area contributed by atoms with Crippen LogP contribution in [0, 0.1) is 5.92 Å². The van der Waals surface area contributed by atoms with Gasteiger partial charge in [0.05, 0.1) is 6.04 Å². The van der Waals surface area contributed by atoms with Gasteiger partial charge in [-0.1, -0.05) is 13.8 Å². The minimum atomic E-state index is -0.468. The molecule has 0 radical (unpaired) electrons. The van der Waals surface area contributed by atoms with Crippen molar-refractivity contribution in [3.05, 3.63) is 0 Å². The maximum absolute atomic E-state index is 11.5. The third-order valence-electron chi connectivity index (χ3n) is 2.16. The first-order valence-electron chi connectivity index (χ1n) is 5.11. The van der Waals surface area contributed by atoms with Gasteiger partial charge in [-0.15, -0.1) is 0 Å². The quantitative estimate of drug-likeness (QED) is 0.714. The molecular weight excluding hydrogens is 194 g/mol. The fraction of sp³-hybridized carbons (Fsp3) is 0.800. The second kappa shape index (κ2) is 6.40. The minimum absolute atomic E-state index is 0.280. The summed E-state index contributed by atoms with van der Waals surface area (Å²) in [6.45, 7) is 6.77. The molecule has 5 heteroatoms. The standard InChI is InChI=1S/C10H21N3O2/c1-7(2)6-13(5)8(3)9(14)12-10(15)11-4/h7-8H,6H2,1-5H3,(H2,11,12,14,15). The number of rotatable bonds is 4. The van der Waals surface area contributed by atoms with Crippen molar-refractivity contribution >= 4 is 11.9 Å². The Morgan fingerprint density at radius 3 is 2.20 bits per heavy atom. The van der Waals surface area contributed by atoms with Crippen molar-refractivity contribution in [1.82, 2.24) is 15.5 Å². The predicted molar refractivity (Wildman–Crippen MR) is 59.5 cm³/mol. The smallest absolute Gasteiger partial charge is 0.321 e. The monoisotopic (exact) mass is 215 g/mol. The lowest BCUT2D eigenvalue weighted by molar-refractivity contribution is -0.124. The molecule has 0 heterocycles. The Hall–Kier alpha value is -1.10. The number of carbonyl (C=O) groups excluding carboxylic acids is 2. The van der Waals surface area contributed by atoms with E-state index in [1.807, 2.05) is 11.9 Å². The van der Waals surface area contributed by atoms with Crippen molar-refractivity contribution in [2.45, 2.75) is 26.8 Å². The Kier molecular flexibility index (Phi) is 5.93. The first-order valence-corrected chi connectivity index (χ1v) is 5.11. The summed E-state index contributed by atoms with van der Waals surface area (Å²) >= 11 is 0. The summed E-state index contributed by atoms with van der Waals surface area (Å²) < 4.78 is 0. The molecule has 5 nitrogen and oxygen atoms in total. The number of likely N-dealkylation sites (N-methyl/N-ethyl adjacent to an activating group) is 1. The van der Waals surface area contributed by atoms with Crippen LogP contribution in [0.5, 0.6) is 0 Å². The van der Waals surface area contributed by atoms with Crippen LogP contribution in [0.4, 0.5) is 4.79 Å². The van der Waals surface area contributed by atoms with E-state index in [4.69, 9.17) is 0 Å². The van der Waals surface area contributed by atoms with Gasteiger partial charge in [-0.3, -0.25) is 15.0 Å². The first kappa shape index (κ1) is 13.9. The highest BCUT2D eigenvalue weighted by Gasteiger charge is 2.19. The lowest BCUT2D eigenvalue weighted by Crippen LogP contribution is -2.48. The molecule has 0 fully saturated rings. The topological polar surface area (TPSA) is 61.4 Å². The normalized spacial score (nSPS) is 12.7. The van der Waals surface area contributed by atoms with Crippen molar-refractivity contribution < 1.29 is 9.59 Å². The van der Waals surface area contributed by atoms with Crippen LogP contribution < -0.4 is 10.6 Å². The number of carbonyl (C=O) groups is 2. The molecule has 3 amide bonds. The van der Waals surface area contributed by atoms with E-state index in [9.17, 15) is 9.59 Å². The van der Waals surface area contributed by atoms with Gasteiger partial charge in [0.25, 0.3) is 0 Å². The summed E-state index contributed by atoms with van der Waals surface area (Å²) in [4.78, 5) is 24.4. The second-order valence-electron chi connectivity index (χ2n) is 4.08. The predicted octanol–water partition coefficient (Wildman–Crippen LogP) is 0.418. The van der Waals surface area contributed by atoms with E-state index in [1.165, 1.54) is 7.05 Å². The molecule has 0 rings (SSSR count). The molecule has 1 atom stereocenters. The zero-order chi connectivity index (χ0) is 12.0. The molecule has 2 N–H and O–H groups in total. The van der Waals surface area contributed by atoms with E-state index in [0.717, 1.165) is 6.54 Å². The summed E-state index contributed by atoms with van der Waals surface area (Å²) in [5.74, 6) is 0.211. The molecule has 15 heavy (non-hydrogen) atoms. The molecule has 0 aliphatic carbocycles. The van der Waals surface area contributed by atoms with Crippen molar-refractivity contribution in [2.24, 2.45) is 5.92 Å². The van der Waals surface area contributed by atoms with E-state index in [2.05, 4.69) is 24.5 Å². The number of nitrogens with one attached hydrogen (secondary N) is 2. The Morgan fingerprint density at radius 1 is 1.27 bits per heavy atom. The number of urea groups is 1. The summed E-state index contributed by atoms with van der Waals surface area (Å²) in [5.41, 5.74) is 0. The fourth-order valence-electron chi connectivity index (χ4n) is 1.21. The molecule has 0 aromatic rings. The number of hydrogen-bond acceptors (Lipinski definition) is 3. The minimum Gasteiger partial charge on any atom is -0.341 e. The molecule has 0 bridgehead atoms. The highest BCUT2D eigenvalue weighted by atomic mass is 16.2. The fourth-order valence-corrected chi connectivity index (χ4v) is 1.21. The third kappa shape index (κ3) is 5.37. The van der Waals surface area contributed by atoms with Crippen LogP contribution in [0.2, 0.25) is 0 Å². The third-order valence-corrected chi connectivity index (χ3v) is 2.16. The summed E-state index contributed by atoms with van der Waals surface area (Å²) in [5, 5.41) is 4.59. The SMILES string of the molecule is CNC(=O)NC(=O)C(C)N(C)CC(C)C. The average Bonchev–Trinajstić information content (AvgIpc) is 2.15. The number of nitrogens with zero attached hydrogens (tertiary/aromatic N) is 1. The molecular formula is C10H21N3O2. The van der Waals surface area contributed by atoms with E-state index in [1.54, 1.807) is 6.92 Å². The van der Waals surface area contributed by atoms with Crippen LogP contribution in [-0.4, -0.2) is 43.5 Å². The number of imide groups is 1. The van der Waals surface area contributed by atoms with Crippen molar-refractivity contribution in [1.29, 1.82) is 0 Å². The van der Waals surface area contributed by atoms with Gasteiger partial charge in [-0.2, -0.15) is 0 Å². The molecule has 88 valence electrons. The lowest BCUT2D eigenvalue weighted by Gasteiger charge is -2.24. The van der Waals surface area contributed by atoms with Crippen LogP contribution in [0.15, 0.2) is 0 Å². The molecule has 0 spiro atoms. The molecule has 0 aromatic heterocycles. The number of amides is 3. The van der Waals surface area contributed by atoms with Crippen molar-refractivity contribution in [2.75, 3.05) is 20.6 Å². The van der Waals surface area contributed by atoms with Gasteiger partial charge in [0.1, 0.15) is 0 Å². The molecule has 0 aliphatic rings. The second-order valence-corrected chi connectivity index (χ2v) is 4.08. The molecule has 0 aliphatic heterocycles. The van der Waals surface area contributed by atoms with Gasteiger partial charge in [0.15, 0.2) is 0 Å². The van der Waals surface area contributed by atoms with Crippen LogP contribution >= 0.6 is 0 Å². The number of hydrogen-bond donors (Lipinski definition) is 2. The van der Waals surface area contributed by atoms with Gasteiger partial charge >= 0.3 is 6.03 Å². The average molecular weight is 215 g/mol. The highest BCUT2D eigenvalue weighted by molar-refractivity contribution is 5.96. The van der Waals surface area contributed by atoms with Gasteiger partial charge in [0.2, 0.25) is 5.91 Å². The highest BCUT2D eigenvalue weighted by Crippen LogP contribution is 2.01. The maximum atomic E-state index is 11.5. The van der Waals surface area contributed by atoms with E-state index >= 15 is 0 Å². The van der Waals surface area contributed by atoms with Crippen LogP contribution in [0.3, 0.4) is 0 Å². The zero-order valence-electron chi connectivity index (χ0n) is 10.1. The molecule has 0 saturated carbocycles. The van der Waals surface area contributed by atoms with Crippen molar-refractivity contribution in [3.63, 3.8) is 0 Å². The lowest BCUT2D eigenvalue weighted by atomic mass is 10.2.